The molecule has 0 spiro atoms. The van der Waals surface area contributed by atoms with E-state index in [1.165, 1.54) is 12.1 Å². The molecule has 0 N–H and O–H groups in total. The molecule has 208 valence electrons. The third kappa shape index (κ3) is 6.15. The fraction of sp³-hybridized carbons (Fsp3) is 0.364. The molecule has 1 atom stereocenters. The Labute approximate surface area is 235 Å². The molecule has 5 rings (SSSR count). The first kappa shape index (κ1) is 27.7. The van der Waals surface area contributed by atoms with Gasteiger partial charge in [-0.05, 0) is 87.8 Å². The zero-order chi connectivity index (χ0) is 28.1. The Kier molecular flexibility index (Phi) is 8.70. The van der Waals surface area contributed by atoms with E-state index in [-0.39, 0.29) is 29.3 Å². The van der Waals surface area contributed by atoms with Gasteiger partial charge in [-0.25, -0.2) is 9.37 Å². The van der Waals surface area contributed by atoms with Crippen LogP contribution in [0.2, 0.25) is 0 Å². The van der Waals surface area contributed by atoms with Gasteiger partial charge >= 0.3 is 0 Å². The molecule has 6 nitrogen and oxygen atoms in total. The Morgan fingerprint density at radius 1 is 0.975 bits per heavy atom. The lowest BCUT2D eigenvalue weighted by atomic mass is 9.90. The third-order valence-electron chi connectivity index (χ3n) is 8.15. The van der Waals surface area contributed by atoms with Crippen molar-refractivity contribution in [3.63, 3.8) is 0 Å². The molecule has 1 unspecified atom stereocenters. The topological polar surface area (TPSA) is 58.4 Å². The van der Waals surface area contributed by atoms with E-state index in [1.807, 2.05) is 78.3 Å². The van der Waals surface area contributed by atoms with Crippen LogP contribution in [0.15, 0.2) is 78.9 Å². The van der Waals surface area contributed by atoms with E-state index in [0.717, 1.165) is 55.5 Å². The summed E-state index contributed by atoms with van der Waals surface area (Å²) in [6, 6.07) is 23.8. The van der Waals surface area contributed by atoms with Crippen LogP contribution in [0.25, 0.3) is 11.0 Å². The summed E-state index contributed by atoms with van der Waals surface area (Å²) in [7, 11) is 1.83. The number of carbonyl (C=O) groups is 2. The lowest BCUT2D eigenvalue weighted by Gasteiger charge is -2.33. The van der Waals surface area contributed by atoms with Crippen molar-refractivity contribution in [3.8, 4) is 0 Å². The number of benzene rings is 3. The second-order valence-electron chi connectivity index (χ2n) is 10.7. The van der Waals surface area contributed by atoms with Crippen LogP contribution < -0.4 is 0 Å². The van der Waals surface area contributed by atoms with Gasteiger partial charge < -0.3 is 14.4 Å². The van der Waals surface area contributed by atoms with E-state index < -0.39 is 0 Å². The Bertz CT molecular complexity index is 1440. The summed E-state index contributed by atoms with van der Waals surface area (Å²) in [5.41, 5.74) is 3.56. The normalized spacial score (nSPS) is 15.3. The number of likely N-dealkylation sites (N-methyl/N-ethyl adjacent to an activating group) is 1. The number of para-hydroxylation sites is 2. The van der Waals surface area contributed by atoms with Crippen LogP contribution >= 0.6 is 0 Å². The van der Waals surface area contributed by atoms with Crippen LogP contribution in [-0.4, -0.2) is 64.3 Å². The SMILES string of the molecule is CCn1c(C(=O)C2CCN(CCC(CN(C)C(=O)c3ccccc3)c3ccc(F)cc3)CC2)nc2ccccc21. The largest absolute Gasteiger partial charge is 0.341 e. The number of likely N-dealkylation sites (tertiary alicyclic amines) is 1. The maximum Gasteiger partial charge on any atom is 0.253 e. The van der Waals surface area contributed by atoms with Crippen molar-refractivity contribution in [1.82, 2.24) is 19.4 Å². The average molecular weight is 541 g/mol. The van der Waals surface area contributed by atoms with Crippen LogP contribution in [0.4, 0.5) is 4.39 Å². The number of aryl methyl sites for hydroxylation is 1. The number of hydrogen-bond donors (Lipinski definition) is 0. The highest BCUT2D eigenvalue weighted by Crippen LogP contribution is 2.27. The first-order valence-corrected chi connectivity index (χ1v) is 14.2. The minimum Gasteiger partial charge on any atom is -0.341 e. The number of Topliss-reactive ketones (excluding diaryl/α,β-unsaturated/α-hetero) is 1. The molecule has 1 aromatic heterocycles. The van der Waals surface area contributed by atoms with Gasteiger partial charge in [0.2, 0.25) is 5.78 Å². The molecule has 0 bridgehead atoms. The highest BCUT2D eigenvalue weighted by atomic mass is 19.1. The summed E-state index contributed by atoms with van der Waals surface area (Å²) >= 11 is 0. The minimum absolute atomic E-state index is 0.0230. The molecule has 1 aliphatic rings. The van der Waals surface area contributed by atoms with E-state index in [2.05, 4.69) is 16.8 Å². The highest BCUT2D eigenvalue weighted by Gasteiger charge is 2.30. The van der Waals surface area contributed by atoms with E-state index in [9.17, 15) is 14.0 Å². The Morgan fingerprint density at radius 2 is 1.65 bits per heavy atom. The summed E-state index contributed by atoms with van der Waals surface area (Å²) in [6.07, 6.45) is 2.45. The van der Waals surface area contributed by atoms with Crippen molar-refractivity contribution in [1.29, 1.82) is 0 Å². The maximum absolute atomic E-state index is 13.7. The number of aromatic nitrogens is 2. The van der Waals surface area contributed by atoms with E-state index in [1.54, 1.807) is 4.90 Å². The quantitative estimate of drug-likeness (QED) is 0.230. The number of halogens is 1. The van der Waals surface area contributed by atoms with Crippen molar-refractivity contribution >= 4 is 22.7 Å². The molecule has 1 fully saturated rings. The summed E-state index contributed by atoms with van der Waals surface area (Å²) in [6.45, 7) is 5.85. The van der Waals surface area contributed by atoms with Gasteiger partial charge in [0.25, 0.3) is 5.91 Å². The standard InChI is InChI=1S/C33H37FN4O2/c1-3-38-30-12-8-7-11-29(30)35-32(38)31(39)25-17-20-37(21-18-25)22-19-27(24-13-15-28(34)16-14-24)23-36(2)33(40)26-9-5-4-6-10-26/h4-16,25,27H,3,17-23H2,1-2H3. The van der Waals surface area contributed by atoms with E-state index in [4.69, 9.17) is 0 Å². The Hall–Kier alpha value is -3.84. The average Bonchev–Trinajstić information content (AvgIpc) is 3.38. The number of ketones is 1. The molecule has 3 aromatic carbocycles. The van der Waals surface area contributed by atoms with Gasteiger partial charge in [0, 0.05) is 37.5 Å². The number of fused-ring (bicyclic) bond motifs is 1. The van der Waals surface area contributed by atoms with Gasteiger partial charge in [-0.2, -0.15) is 0 Å². The lowest BCUT2D eigenvalue weighted by molar-refractivity contribution is 0.0779. The van der Waals surface area contributed by atoms with Crippen molar-refractivity contribution in [2.24, 2.45) is 5.92 Å². The Morgan fingerprint density at radius 3 is 2.35 bits per heavy atom. The molecule has 40 heavy (non-hydrogen) atoms. The third-order valence-corrected chi connectivity index (χ3v) is 8.15. The fourth-order valence-electron chi connectivity index (χ4n) is 5.84. The molecule has 0 radical (unpaired) electrons. The Balaban J connectivity index is 1.21. The monoisotopic (exact) mass is 540 g/mol. The van der Waals surface area contributed by atoms with Gasteiger partial charge in [-0.1, -0.05) is 42.5 Å². The number of piperidine rings is 1. The zero-order valence-corrected chi connectivity index (χ0v) is 23.3. The van der Waals surface area contributed by atoms with Gasteiger partial charge in [-0.15, -0.1) is 0 Å². The molecule has 1 aliphatic heterocycles. The van der Waals surface area contributed by atoms with Gasteiger partial charge in [0.15, 0.2) is 5.82 Å². The summed E-state index contributed by atoms with van der Waals surface area (Å²) < 4.78 is 15.7. The second-order valence-corrected chi connectivity index (χ2v) is 10.7. The number of rotatable bonds is 10. The number of hydrogen-bond acceptors (Lipinski definition) is 4. The van der Waals surface area contributed by atoms with Crippen LogP contribution in [0, 0.1) is 11.7 Å². The summed E-state index contributed by atoms with van der Waals surface area (Å²) in [5, 5.41) is 0. The van der Waals surface area contributed by atoms with Crippen molar-refractivity contribution in [2.45, 2.75) is 38.6 Å². The van der Waals surface area contributed by atoms with Gasteiger partial charge in [0.1, 0.15) is 5.82 Å². The van der Waals surface area contributed by atoms with Crippen LogP contribution in [-0.2, 0) is 6.54 Å². The molecular formula is C33H37FN4O2. The van der Waals surface area contributed by atoms with Crippen molar-refractivity contribution in [3.05, 3.63) is 102 Å². The van der Waals surface area contributed by atoms with Crippen molar-refractivity contribution in [2.75, 3.05) is 33.2 Å². The van der Waals surface area contributed by atoms with E-state index in [0.29, 0.717) is 24.5 Å². The predicted molar refractivity (Wildman–Crippen MR) is 156 cm³/mol. The smallest absolute Gasteiger partial charge is 0.253 e. The summed E-state index contributed by atoms with van der Waals surface area (Å²) in [4.78, 5) is 35.3. The molecule has 2 heterocycles. The zero-order valence-electron chi connectivity index (χ0n) is 23.3. The molecule has 0 saturated carbocycles. The number of carbonyl (C=O) groups excluding carboxylic acids is 2. The molecule has 4 aromatic rings. The molecule has 1 saturated heterocycles. The van der Waals surface area contributed by atoms with Crippen LogP contribution in [0.5, 0.6) is 0 Å². The fourth-order valence-corrected chi connectivity index (χ4v) is 5.84. The van der Waals surface area contributed by atoms with Gasteiger partial charge in [0.05, 0.1) is 11.0 Å². The minimum atomic E-state index is -0.264. The lowest BCUT2D eigenvalue weighted by Crippen LogP contribution is -2.38. The summed E-state index contributed by atoms with van der Waals surface area (Å²) in [5.74, 6) is 0.472. The van der Waals surface area contributed by atoms with Gasteiger partial charge in [-0.3, -0.25) is 9.59 Å². The van der Waals surface area contributed by atoms with Crippen molar-refractivity contribution < 1.29 is 14.0 Å². The van der Waals surface area contributed by atoms with E-state index >= 15 is 0 Å². The first-order valence-electron chi connectivity index (χ1n) is 14.2. The van der Waals surface area contributed by atoms with Crippen LogP contribution in [0.1, 0.15) is 58.6 Å². The number of imidazole rings is 1. The first-order chi connectivity index (χ1) is 19.4. The predicted octanol–water partition coefficient (Wildman–Crippen LogP) is 6.04. The molecule has 1 amide bonds. The molecule has 7 heteroatoms. The molecule has 0 aliphatic carbocycles. The molecular weight excluding hydrogens is 503 g/mol. The maximum atomic E-state index is 13.7. The second kappa shape index (κ2) is 12.6. The number of amides is 1. The number of nitrogens with zero attached hydrogens (tertiary/aromatic N) is 4. The highest BCUT2D eigenvalue weighted by molar-refractivity contribution is 5.98. The van der Waals surface area contributed by atoms with Crippen LogP contribution in [0.3, 0.4) is 0 Å².